The van der Waals surface area contributed by atoms with Gasteiger partial charge in [-0.25, -0.2) is 9.18 Å². The quantitative estimate of drug-likeness (QED) is 0.814. The van der Waals surface area contributed by atoms with E-state index in [-0.39, 0.29) is 10.6 Å². The lowest BCUT2D eigenvalue weighted by Gasteiger charge is -2.03. The molecule has 0 aliphatic heterocycles. The molecule has 0 saturated carbocycles. The van der Waals surface area contributed by atoms with Crippen LogP contribution in [0.4, 0.5) is 4.39 Å². The number of benzene rings is 1. The van der Waals surface area contributed by atoms with Crippen molar-refractivity contribution in [1.82, 2.24) is 4.57 Å². The van der Waals surface area contributed by atoms with E-state index in [4.69, 9.17) is 16.7 Å². The zero-order valence-corrected chi connectivity index (χ0v) is 8.55. The minimum absolute atomic E-state index is 0.215. The summed E-state index contributed by atoms with van der Waals surface area (Å²) in [6.07, 6.45) is 1.65. The van der Waals surface area contributed by atoms with Gasteiger partial charge >= 0.3 is 5.97 Å². The molecule has 78 valence electrons. The topological polar surface area (TPSA) is 42.2 Å². The lowest BCUT2D eigenvalue weighted by Crippen LogP contribution is -2.00. The SMILES string of the molecule is Cn1ccc2cc(C(=O)O)c(Cl)c(F)c21. The van der Waals surface area contributed by atoms with E-state index in [9.17, 15) is 9.18 Å². The predicted molar refractivity (Wildman–Crippen MR) is 54.8 cm³/mol. The maximum absolute atomic E-state index is 13.7. The smallest absolute Gasteiger partial charge is 0.337 e. The van der Waals surface area contributed by atoms with Crippen molar-refractivity contribution in [2.24, 2.45) is 7.05 Å². The van der Waals surface area contributed by atoms with Crippen molar-refractivity contribution in [2.45, 2.75) is 0 Å². The molecule has 0 atom stereocenters. The van der Waals surface area contributed by atoms with Crippen LogP contribution >= 0.6 is 11.6 Å². The van der Waals surface area contributed by atoms with E-state index >= 15 is 0 Å². The van der Waals surface area contributed by atoms with Crippen molar-refractivity contribution < 1.29 is 14.3 Å². The van der Waals surface area contributed by atoms with Crippen LogP contribution in [0.3, 0.4) is 0 Å². The van der Waals surface area contributed by atoms with E-state index < -0.39 is 11.8 Å². The number of hydrogen-bond donors (Lipinski definition) is 1. The molecule has 3 nitrogen and oxygen atoms in total. The molecule has 2 rings (SSSR count). The second-order valence-electron chi connectivity index (χ2n) is 3.22. The third kappa shape index (κ3) is 1.37. The second kappa shape index (κ2) is 3.24. The first-order valence-electron chi connectivity index (χ1n) is 4.18. The van der Waals surface area contributed by atoms with Gasteiger partial charge in [-0.15, -0.1) is 0 Å². The maximum Gasteiger partial charge on any atom is 0.337 e. The maximum atomic E-state index is 13.7. The van der Waals surface area contributed by atoms with Crippen molar-refractivity contribution >= 4 is 28.5 Å². The van der Waals surface area contributed by atoms with Crippen LogP contribution in [-0.4, -0.2) is 15.6 Å². The molecule has 1 aromatic heterocycles. The summed E-state index contributed by atoms with van der Waals surface area (Å²) in [5.74, 6) is -1.93. The monoisotopic (exact) mass is 227 g/mol. The van der Waals surface area contributed by atoms with Crippen LogP contribution in [0.1, 0.15) is 10.4 Å². The van der Waals surface area contributed by atoms with Crippen LogP contribution < -0.4 is 0 Å². The Morgan fingerprint density at radius 3 is 2.87 bits per heavy atom. The minimum atomic E-state index is -1.23. The van der Waals surface area contributed by atoms with Gasteiger partial charge in [-0.05, 0) is 12.1 Å². The van der Waals surface area contributed by atoms with Gasteiger partial charge in [-0.3, -0.25) is 0 Å². The van der Waals surface area contributed by atoms with Gasteiger partial charge in [0.15, 0.2) is 5.82 Å². The summed E-state index contributed by atoms with van der Waals surface area (Å²) < 4.78 is 15.3. The average molecular weight is 228 g/mol. The Hall–Kier alpha value is -1.55. The zero-order chi connectivity index (χ0) is 11.2. The lowest BCUT2D eigenvalue weighted by molar-refractivity contribution is 0.0697. The van der Waals surface area contributed by atoms with Crippen molar-refractivity contribution in [1.29, 1.82) is 0 Å². The van der Waals surface area contributed by atoms with Crippen LogP contribution in [0, 0.1) is 5.82 Å². The number of aromatic nitrogens is 1. The molecule has 1 N–H and O–H groups in total. The number of carboxylic acid groups (broad SMARTS) is 1. The largest absolute Gasteiger partial charge is 0.478 e. The summed E-state index contributed by atoms with van der Waals surface area (Å²) in [6.45, 7) is 0. The molecule has 0 amide bonds. The summed E-state index contributed by atoms with van der Waals surface area (Å²) in [5.41, 5.74) is 0.0952. The molecule has 0 spiro atoms. The van der Waals surface area contributed by atoms with Crippen molar-refractivity contribution in [3.05, 3.63) is 34.7 Å². The number of rotatable bonds is 1. The van der Waals surface area contributed by atoms with Gasteiger partial charge in [0.2, 0.25) is 0 Å². The highest BCUT2D eigenvalue weighted by atomic mass is 35.5. The molecular formula is C10H7ClFNO2. The van der Waals surface area contributed by atoms with Crippen LogP contribution in [0.15, 0.2) is 18.3 Å². The number of carboxylic acids is 1. The van der Waals surface area contributed by atoms with Crippen LogP contribution in [0.25, 0.3) is 10.9 Å². The molecule has 0 saturated heterocycles. The third-order valence-corrected chi connectivity index (χ3v) is 2.64. The van der Waals surface area contributed by atoms with Crippen LogP contribution in [0.2, 0.25) is 5.02 Å². The molecule has 0 aliphatic rings. The Balaban J connectivity index is 2.90. The Morgan fingerprint density at radius 1 is 1.60 bits per heavy atom. The summed E-state index contributed by atoms with van der Waals surface area (Å²) in [6, 6.07) is 3.00. The fraction of sp³-hybridized carbons (Fsp3) is 0.100. The number of aryl methyl sites for hydroxylation is 1. The average Bonchev–Trinajstić information content (AvgIpc) is 2.53. The number of hydrogen-bond acceptors (Lipinski definition) is 1. The molecule has 0 aliphatic carbocycles. The molecule has 5 heteroatoms. The van der Waals surface area contributed by atoms with Crippen LogP contribution in [-0.2, 0) is 7.05 Å². The Morgan fingerprint density at radius 2 is 2.27 bits per heavy atom. The van der Waals surface area contributed by atoms with E-state index in [0.717, 1.165) is 0 Å². The van der Waals surface area contributed by atoms with Crippen molar-refractivity contribution in [3.63, 3.8) is 0 Å². The Bertz CT molecular complexity index is 562. The minimum Gasteiger partial charge on any atom is -0.478 e. The van der Waals surface area contributed by atoms with E-state index in [0.29, 0.717) is 10.9 Å². The molecular weight excluding hydrogens is 221 g/mol. The number of carbonyl (C=O) groups is 1. The van der Waals surface area contributed by atoms with Crippen molar-refractivity contribution in [2.75, 3.05) is 0 Å². The molecule has 0 unspecified atom stereocenters. The second-order valence-corrected chi connectivity index (χ2v) is 3.60. The standard InChI is InChI=1S/C10H7ClFNO2/c1-13-3-2-5-4-6(10(14)15)7(11)8(12)9(5)13/h2-4H,1H3,(H,14,15). The van der Waals surface area contributed by atoms with Gasteiger partial charge in [0, 0.05) is 18.6 Å². The van der Waals surface area contributed by atoms with Crippen molar-refractivity contribution in [3.8, 4) is 0 Å². The van der Waals surface area contributed by atoms with E-state index in [1.807, 2.05) is 0 Å². The normalized spacial score (nSPS) is 10.9. The number of halogens is 2. The molecule has 0 fully saturated rings. The highest BCUT2D eigenvalue weighted by Crippen LogP contribution is 2.28. The summed E-state index contributed by atoms with van der Waals surface area (Å²) in [4.78, 5) is 10.8. The summed E-state index contributed by atoms with van der Waals surface area (Å²) in [7, 11) is 1.67. The fourth-order valence-electron chi connectivity index (χ4n) is 1.54. The first-order chi connectivity index (χ1) is 7.02. The molecule has 0 radical (unpaired) electrons. The molecule has 0 bridgehead atoms. The predicted octanol–water partition coefficient (Wildman–Crippen LogP) is 2.67. The zero-order valence-electron chi connectivity index (χ0n) is 7.79. The molecule has 1 heterocycles. The van der Waals surface area contributed by atoms with Gasteiger partial charge in [-0.2, -0.15) is 0 Å². The molecule has 1 aromatic carbocycles. The van der Waals surface area contributed by atoms with Gasteiger partial charge in [0.1, 0.15) is 0 Å². The molecule has 2 aromatic rings. The Kier molecular flexibility index (Phi) is 2.16. The van der Waals surface area contributed by atoms with Gasteiger partial charge < -0.3 is 9.67 Å². The molecule has 15 heavy (non-hydrogen) atoms. The highest BCUT2D eigenvalue weighted by molar-refractivity contribution is 6.34. The van der Waals surface area contributed by atoms with Crippen LogP contribution in [0.5, 0.6) is 0 Å². The van der Waals surface area contributed by atoms with E-state index in [1.54, 1.807) is 23.9 Å². The van der Waals surface area contributed by atoms with E-state index in [1.165, 1.54) is 6.07 Å². The van der Waals surface area contributed by atoms with Gasteiger partial charge in [0.25, 0.3) is 0 Å². The first-order valence-corrected chi connectivity index (χ1v) is 4.56. The van der Waals surface area contributed by atoms with Gasteiger partial charge in [0.05, 0.1) is 16.1 Å². The third-order valence-electron chi connectivity index (χ3n) is 2.27. The summed E-state index contributed by atoms with van der Waals surface area (Å²) >= 11 is 5.63. The fourth-order valence-corrected chi connectivity index (χ4v) is 1.77. The lowest BCUT2D eigenvalue weighted by atomic mass is 10.1. The number of aromatic carboxylic acids is 1. The summed E-state index contributed by atoms with van der Waals surface area (Å²) in [5, 5.41) is 8.97. The van der Waals surface area contributed by atoms with Gasteiger partial charge in [-0.1, -0.05) is 11.6 Å². The number of fused-ring (bicyclic) bond motifs is 1. The highest BCUT2D eigenvalue weighted by Gasteiger charge is 2.17. The van der Waals surface area contributed by atoms with E-state index in [2.05, 4.69) is 0 Å². The number of nitrogens with zero attached hydrogens (tertiary/aromatic N) is 1. The first kappa shape index (κ1) is 9.98. The Labute approximate surface area is 89.7 Å².